The third kappa shape index (κ3) is 4.52. The number of nitro groups is 1. The molecule has 0 saturated carbocycles. The molecule has 20 heavy (non-hydrogen) atoms. The Morgan fingerprint density at radius 2 is 2.15 bits per heavy atom. The van der Waals surface area contributed by atoms with Gasteiger partial charge in [-0.05, 0) is 31.6 Å². The van der Waals surface area contributed by atoms with Crippen LogP contribution in [-0.2, 0) is 0 Å². The first-order valence-electron chi connectivity index (χ1n) is 6.77. The van der Waals surface area contributed by atoms with Crippen LogP contribution >= 0.6 is 0 Å². The van der Waals surface area contributed by atoms with Gasteiger partial charge < -0.3 is 10.2 Å². The lowest BCUT2D eigenvalue weighted by atomic mass is 10.2. The number of benzene rings is 1. The number of nitro benzene ring substituents is 1. The Balaban J connectivity index is 2.71. The quantitative estimate of drug-likeness (QED) is 0.583. The molecule has 1 N–H and O–H groups in total. The highest BCUT2D eigenvalue weighted by Crippen LogP contribution is 2.24. The Morgan fingerprint density at radius 3 is 2.70 bits per heavy atom. The third-order valence-corrected chi connectivity index (χ3v) is 3.05. The second-order valence-corrected chi connectivity index (χ2v) is 4.46. The van der Waals surface area contributed by atoms with Crippen LogP contribution in [-0.4, -0.2) is 36.0 Å². The molecule has 1 rings (SSSR count). The van der Waals surface area contributed by atoms with E-state index in [9.17, 15) is 10.1 Å². The maximum absolute atomic E-state index is 10.9. The summed E-state index contributed by atoms with van der Waals surface area (Å²) >= 11 is 0. The van der Waals surface area contributed by atoms with Crippen LogP contribution in [0.3, 0.4) is 0 Å². The molecular formula is C14H20N4O2. The van der Waals surface area contributed by atoms with Gasteiger partial charge >= 0.3 is 0 Å². The van der Waals surface area contributed by atoms with Crippen LogP contribution in [0.4, 0.5) is 11.4 Å². The highest BCUT2D eigenvalue weighted by molar-refractivity contribution is 5.64. The van der Waals surface area contributed by atoms with Gasteiger partial charge in [0, 0.05) is 19.2 Å². The van der Waals surface area contributed by atoms with E-state index < -0.39 is 4.92 Å². The maximum atomic E-state index is 10.9. The lowest BCUT2D eigenvalue weighted by Gasteiger charge is -2.19. The highest BCUT2D eigenvalue weighted by atomic mass is 16.6. The minimum Gasteiger partial charge on any atom is -0.378 e. The first-order chi connectivity index (χ1) is 9.62. The predicted octanol–water partition coefficient (Wildman–Crippen LogP) is 2.61. The molecule has 6 heteroatoms. The van der Waals surface area contributed by atoms with Gasteiger partial charge in [0.2, 0.25) is 0 Å². The summed E-state index contributed by atoms with van der Waals surface area (Å²) in [4.78, 5) is 12.8. The number of hydrogen-bond acceptors (Lipinski definition) is 5. The van der Waals surface area contributed by atoms with Gasteiger partial charge in [-0.1, -0.05) is 13.8 Å². The molecule has 0 saturated heterocycles. The van der Waals surface area contributed by atoms with Gasteiger partial charge in [0.15, 0.2) is 0 Å². The summed E-state index contributed by atoms with van der Waals surface area (Å²) in [6, 6.07) is 6.34. The fourth-order valence-corrected chi connectivity index (χ4v) is 2.00. The van der Waals surface area contributed by atoms with Gasteiger partial charge in [0.1, 0.15) is 5.69 Å². The van der Waals surface area contributed by atoms with Gasteiger partial charge in [-0.15, -0.1) is 0 Å². The highest BCUT2D eigenvalue weighted by Gasteiger charge is 2.14. The molecule has 0 fully saturated rings. The molecule has 0 aromatic heterocycles. The fourth-order valence-electron chi connectivity index (χ4n) is 2.00. The third-order valence-electron chi connectivity index (χ3n) is 3.05. The minimum atomic E-state index is -0.437. The van der Waals surface area contributed by atoms with Crippen LogP contribution in [0, 0.1) is 21.4 Å². The number of nitrogens with one attached hydrogen (secondary N) is 1. The lowest BCUT2D eigenvalue weighted by Crippen LogP contribution is -2.29. The van der Waals surface area contributed by atoms with E-state index in [2.05, 4.69) is 24.1 Å². The predicted molar refractivity (Wildman–Crippen MR) is 78.7 cm³/mol. The zero-order valence-corrected chi connectivity index (χ0v) is 11.9. The molecule has 6 nitrogen and oxygen atoms in total. The van der Waals surface area contributed by atoms with Crippen molar-refractivity contribution in [3.8, 4) is 6.07 Å². The summed E-state index contributed by atoms with van der Waals surface area (Å²) in [5.41, 5.74) is 0.822. The molecule has 1 aromatic rings. The molecule has 0 bridgehead atoms. The number of rotatable bonds is 8. The number of anilines is 1. The summed E-state index contributed by atoms with van der Waals surface area (Å²) < 4.78 is 0. The average Bonchev–Trinajstić information content (AvgIpc) is 2.45. The normalized spacial score (nSPS) is 10.3. The van der Waals surface area contributed by atoms with Crippen LogP contribution < -0.4 is 5.32 Å². The molecule has 0 atom stereocenters. The summed E-state index contributed by atoms with van der Waals surface area (Å²) in [5.74, 6) is 0. The Hall–Kier alpha value is -2.13. The van der Waals surface area contributed by atoms with Crippen molar-refractivity contribution < 1.29 is 4.92 Å². The molecule has 0 radical (unpaired) electrons. The molecular weight excluding hydrogens is 256 g/mol. The van der Waals surface area contributed by atoms with Crippen molar-refractivity contribution in [1.29, 1.82) is 5.26 Å². The minimum absolute atomic E-state index is 0.00235. The molecule has 0 spiro atoms. The van der Waals surface area contributed by atoms with Crippen molar-refractivity contribution >= 4 is 11.4 Å². The maximum Gasteiger partial charge on any atom is 0.292 e. The van der Waals surface area contributed by atoms with Gasteiger partial charge in [-0.3, -0.25) is 10.1 Å². The van der Waals surface area contributed by atoms with Crippen LogP contribution in [0.1, 0.15) is 25.8 Å². The van der Waals surface area contributed by atoms with E-state index >= 15 is 0 Å². The van der Waals surface area contributed by atoms with Gasteiger partial charge in [-0.2, -0.15) is 5.26 Å². The fraction of sp³-hybridized carbons (Fsp3) is 0.500. The molecule has 0 aliphatic carbocycles. The Morgan fingerprint density at radius 1 is 1.40 bits per heavy atom. The number of nitrogens with zero attached hydrogens (tertiary/aromatic N) is 3. The summed E-state index contributed by atoms with van der Waals surface area (Å²) in [7, 11) is 0. The van der Waals surface area contributed by atoms with E-state index in [4.69, 9.17) is 5.26 Å². The standard InChI is InChI=1S/C14H20N4O2/c1-3-8-17(4-2)9-7-16-13-10-12(11-15)5-6-14(13)18(19)20/h5-6,10,16H,3-4,7-9H2,1-2H3. The zero-order valence-electron chi connectivity index (χ0n) is 11.9. The molecule has 0 aliphatic heterocycles. The van der Waals surface area contributed by atoms with Crippen LogP contribution in [0.15, 0.2) is 18.2 Å². The molecule has 0 unspecified atom stereocenters. The summed E-state index contributed by atoms with van der Waals surface area (Å²) in [5, 5.41) is 22.9. The summed E-state index contributed by atoms with van der Waals surface area (Å²) in [6.45, 7) is 7.61. The molecule has 0 aliphatic rings. The van der Waals surface area contributed by atoms with Crippen molar-refractivity contribution in [1.82, 2.24) is 4.90 Å². The first-order valence-corrected chi connectivity index (χ1v) is 6.77. The van der Waals surface area contributed by atoms with Crippen molar-refractivity contribution in [3.63, 3.8) is 0 Å². The van der Waals surface area contributed by atoms with Crippen LogP contribution in [0.5, 0.6) is 0 Å². The van der Waals surface area contributed by atoms with E-state index in [0.717, 1.165) is 26.1 Å². The molecule has 1 aromatic carbocycles. The van der Waals surface area contributed by atoms with Gasteiger partial charge in [-0.25, -0.2) is 0 Å². The first kappa shape index (κ1) is 15.9. The zero-order chi connectivity index (χ0) is 15.0. The second-order valence-electron chi connectivity index (χ2n) is 4.46. The second kappa shape index (κ2) is 8.12. The number of likely N-dealkylation sites (N-methyl/N-ethyl adjacent to an activating group) is 1. The van der Waals surface area contributed by atoms with Crippen molar-refractivity contribution in [2.24, 2.45) is 0 Å². The molecule has 108 valence electrons. The monoisotopic (exact) mass is 276 g/mol. The van der Waals surface area contributed by atoms with E-state index in [1.807, 2.05) is 6.07 Å². The van der Waals surface area contributed by atoms with Gasteiger partial charge in [0.05, 0.1) is 16.6 Å². The Kier molecular flexibility index (Phi) is 6.47. The van der Waals surface area contributed by atoms with Gasteiger partial charge in [0.25, 0.3) is 5.69 Å². The largest absolute Gasteiger partial charge is 0.378 e. The summed E-state index contributed by atoms with van der Waals surface area (Å²) in [6.07, 6.45) is 1.08. The Labute approximate surface area is 119 Å². The van der Waals surface area contributed by atoms with Crippen LogP contribution in [0.2, 0.25) is 0 Å². The van der Waals surface area contributed by atoms with Crippen molar-refractivity contribution in [2.75, 3.05) is 31.5 Å². The number of nitriles is 1. The molecule has 0 heterocycles. The van der Waals surface area contributed by atoms with E-state index in [1.54, 1.807) is 0 Å². The van der Waals surface area contributed by atoms with Crippen molar-refractivity contribution in [2.45, 2.75) is 20.3 Å². The average molecular weight is 276 g/mol. The SMILES string of the molecule is CCCN(CC)CCNc1cc(C#N)ccc1[N+](=O)[O-]. The van der Waals surface area contributed by atoms with E-state index in [1.165, 1.54) is 18.2 Å². The number of hydrogen-bond donors (Lipinski definition) is 1. The molecule has 0 amide bonds. The topological polar surface area (TPSA) is 82.2 Å². The van der Waals surface area contributed by atoms with Crippen LogP contribution in [0.25, 0.3) is 0 Å². The van der Waals surface area contributed by atoms with E-state index in [-0.39, 0.29) is 5.69 Å². The smallest absolute Gasteiger partial charge is 0.292 e. The lowest BCUT2D eigenvalue weighted by molar-refractivity contribution is -0.384. The Bertz CT molecular complexity index is 496. The van der Waals surface area contributed by atoms with Crippen molar-refractivity contribution in [3.05, 3.63) is 33.9 Å². The van der Waals surface area contributed by atoms with E-state index in [0.29, 0.717) is 17.8 Å².